The van der Waals surface area contributed by atoms with Crippen molar-refractivity contribution in [1.82, 2.24) is 6.15 Å². The Morgan fingerprint density at radius 3 is 1.60 bits per heavy atom. The van der Waals surface area contributed by atoms with Crippen LogP contribution in [0.5, 0.6) is 0 Å². The van der Waals surface area contributed by atoms with E-state index in [1.54, 1.807) is 0 Å². The minimum Gasteiger partial charge on any atom is -0.344 e. The Morgan fingerprint density at radius 1 is 0.900 bits per heavy atom. The summed E-state index contributed by atoms with van der Waals surface area (Å²) in [5.41, 5.74) is 0. The number of rotatable bonds is 2. The molecular weight excluding hydrogens is 182 g/mol. The molecule has 0 bridgehead atoms. The van der Waals surface area contributed by atoms with Gasteiger partial charge in [0.25, 0.3) is 0 Å². The standard InChI is InChI=1S/C6H2S3.H3N/c1-3(7-1)5-6(9-5)4-2-8-4;/h1-2H;1H3. The van der Waals surface area contributed by atoms with Gasteiger partial charge in [-0.1, -0.05) is 35.3 Å². The lowest BCUT2D eigenvalue weighted by atomic mass is 10.5. The fourth-order valence-electron chi connectivity index (χ4n) is 0.674. The summed E-state index contributed by atoms with van der Waals surface area (Å²) < 4.78 is 0. The smallest absolute Gasteiger partial charge is 0.0419 e. The molecule has 3 rings (SSSR count). The van der Waals surface area contributed by atoms with Gasteiger partial charge in [0.2, 0.25) is 0 Å². The molecule has 0 saturated carbocycles. The molecule has 3 heterocycles. The summed E-state index contributed by atoms with van der Waals surface area (Å²) in [6, 6.07) is 0. The molecule has 0 aromatic rings. The molecule has 0 aromatic heterocycles. The minimum atomic E-state index is 0. The Kier molecular flexibility index (Phi) is 1.46. The van der Waals surface area contributed by atoms with E-state index in [1.165, 1.54) is 19.6 Å². The van der Waals surface area contributed by atoms with E-state index in [-0.39, 0.29) is 6.15 Å². The van der Waals surface area contributed by atoms with Crippen molar-refractivity contribution in [2.75, 3.05) is 0 Å². The van der Waals surface area contributed by atoms with Crippen LogP contribution in [-0.2, 0) is 0 Å². The van der Waals surface area contributed by atoms with Gasteiger partial charge in [-0.2, -0.15) is 0 Å². The van der Waals surface area contributed by atoms with Gasteiger partial charge in [-0.05, 0) is 10.8 Å². The molecule has 1 nitrogen and oxygen atoms in total. The van der Waals surface area contributed by atoms with Crippen LogP contribution in [0.2, 0.25) is 0 Å². The molecule has 3 aliphatic heterocycles. The Hall–Kier alpha value is 0.230. The first-order valence-electron chi connectivity index (χ1n) is 2.62. The molecule has 0 aromatic carbocycles. The van der Waals surface area contributed by atoms with Gasteiger partial charge < -0.3 is 6.15 Å². The zero-order valence-corrected chi connectivity index (χ0v) is 7.54. The molecule has 52 valence electrons. The topological polar surface area (TPSA) is 35.0 Å². The molecule has 3 aliphatic rings. The maximum Gasteiger partial charge on any atom is 0.0419 e. The maximum absolute atomic E-state index is 2.21. The van der Waals surface area contributed by atoms with Crippen LogP contribution in [-0.4, -0.2) is 0 Å². The van der Waals surface area contributed by atoms with Crippen LogP contribution in [0.15, 0.2) is 30.4 Å². The second kappa shape index (κ2) is 2.11. The van der Waals surface area contributed by atoms with Crippen LogP contribution in [0.25, 0.3) is 0 Å². The zero-order valence-electron chi connectivity index (χ0n) is 5.09. The van der Waals surface area contributed by atoms with Gasteiger partial charge in [0, 0.05) is 19.6 Å². The van der Waals surface area contributed by atoms with Crippen molar-refractivity contribution in [2.24, 2.45) is 0 Å². The Bertz CT molecular complexity index is 259. The summed E-state index contributed by atoms with van der Waals surface area (Å²) in [6.45, 7) is 0. The van der Waals surface area contributed by atoms with E-state index >= 15 is 0 Å². The van der Waals surface area contributed by atoms with Crippen molar-refractivity contribution in [3.05, 3.63) is 30.4 Å². The Balaban J connectivity index is 0.000000403. The first kappa shape index (κ1) is 6.91. The van der Waals surface area contributed by atoms with Crippen molar-refractivity contribution < 1.29 is 0 Å². The highest BCUT2D eigenvalue weighted by atomic mass is 32.2. The fourth-order valence-corrected chi connectivity index (χ4v) is 2.95. The van der Waals surface area contributed by atoms with Gasteiger partial charge in [-0.15, -0.1) is 0 Å². The van der Waals surface area contributed by atoms with E-state index in [4.69, 9.17) is 0 Å². The summed E-state index contributed by atoms with van der Waals surface area (Å²) in [7, 11) is 0. The van der Waals surface area contributed by atoms with E-state index in [1.807, 2.05) is 35.3 Å². The van der Waals surface area contributed by atoms with Crippen LogP contribution >= 0.6 is 35.3 Å². The average molecular weight is 187 g/mol. The summed E-state index contributed by atoms with van der Waals surface area (Å²) in [5, 5.41) is 4.42. The summed E-state index contributed by atoms with van der Waals surface area (Å²) in [6.07, 6.45) is 0. The predicted molar refractivity (Wildman–Crippen MR) is 51.0 cm³/mol. The second-order valence-electron chi connectivity index (χ2n) is 1.96. The van der Waals surface area contributed by atoms with Crippen molar-refractivity contribution in [2.45, 2.75) is 0 Å². The largest absolute Gasteiger partial charge is 0.344 e. The molecule has 4 heteroatoms. The van der Waals surface area contributed by atoms with Crippen molar-refractivity contribution in [1.29, 1.82) is 0 Å². The normalized spacial score (nSPS) is 24.8. The molecule has 10 heavy (non-hydrogen) atoms. The van der Waals surface area contributed by atoms with Gasteiger partial charge in [-0.25, -0.2) is 0 Å². The minimum absolute atomic E-state index is 0. The summed E-state index contributed by atoms with van der Waals surface area (Å²) in [4.78, 5) is 6.08. The first-order valence-corrected chi connectivity index (χ1v) is 5.19. The quantitative estimate of drug-likeness (QED) is 0.719. The molecule has 3 N–H and O–H groups in total. The SMILES string of the molecule is C1=C(C2=C(C3=CS3)S2)S1.N. The first-order chi connectivity index (χ1) is 4.45. The third-order valence-corrected chi connectivity index (χ3v) is 3.95. The fraction of sp³-hybridized carbons (Fsp3) is 0. The van der Waals surface area contributed by atoms with Crippen LogP contribution < -0.4 is 6.15 Å². The van der Waals surface area contributed by atoms with E-state index < -0.39 is 0 Å². The molecule has 0 unspecified atom stereocenters. The van der Waals surface area contributed by atoms with Gasteiger partial charge in [0.1, 0.15) is 0 Å². The lowest BCUT2D eigenvalue weighted by molar-refractivity contribution is 1.96. The maximum atomic E-state index is 2.21. The molecule has 0 radical (unpaired) electrons. The van der Waals surface area contributed by atoms with E-state index in [2.05, 4.69) is 10.8 Å². The highest BCUT2D eigenvalue weighted by Gasteiger charge is 2.36. The van der Waals surface area contributed by atoms with Gasteiger partial charge in [-0.3, -0.25) is 0 Å². The molecular formula is C6H5NS3. The summed E-state index contributed by atoms with van der Waals surface area (Å²) >= 11 is 5.66. The molecule has 0 spiro atoms. The van der Waals surface area contributed by atoms with Gasteiger partial charge in [0.15, 0.2) is 0 Å². The van der Waals surface area contributed by atoms with E-state index in [0.717, 1.165) is 0 Å². The molecule has 0 fully saturated rings. The Labute approximate surface area is 72.0 Å². The van der Waals surface area contributed by atoms with Crippen molar-refractivity contribution in [3.63, 3.8) is 0 Å². The second-order valence-corrected chi connectivity index (χ2v) is 4.80. The zero-order chi connectivity index (χ0) is 5.84. The van der Waals surface area contributed by atoms with Crippen LogP contribution in [0.4, 0.5) is 0 Å². The number of hydrogen-bond donors (Lipinski definition) is 1. The van der Waals surface area contributed by atoms with E-state index in [9.17, 15) is 0 Å². The molecule has 0 aliphatic carbocycles. The van der Waals surface area contributed by atoms with Crippen molar-refractivity contribution >= 4 is 35.3 Å². The van der Waals surface area contributed by atoms with Crippen LogP contribution in [0.3, 0.4) is 0 Å². The third kappa shape index (κ3) is 1.05. The molecule has 0 saturated heterocycles. The van der Waals surface area contributed by atoms with Crippen molar-refractivity contribution in [3.8, 4) is 0 Å². The van der Waals surface area contributed by atoms with Gasteiger partial charge in [0.05, 0.1) is 0 Å². The number of hydrogen-bond acceptors (Lipinski definition) is 4. The number of thioether (sulfide) groups is 3. The monoisotopic (exact) mass is 187 g/mol. The highest BCUT2D eigenvalue weighted by Crippen LogP contribution is 2.66. The third-order valence-electron chi connectivity index (χ3n) is 1.29. The lowest BCUT2D eigenvalue weighted by Crippen LogP contribution is -1.46. The van der Waals surface area contributed by atoms with Gasteiger partial charge >= 0.3 is 0 Å². The lowest BCUT2D eigenvalue weighted by Gasteiger charge is -1.64. The predicted octanol–water partition coefficient (Wildman–Crippen LogP) is 3.28. The van der Waals surface area contributed by atoms with E-state index in [0.29, 0.717) is 0 Å². The average Bonchev–Trinajstić information content (AvgIpc) is 2.67. The summed E-state index contributed by atoms with van der Waals surface area (Å²) in [5.74, 6) is 0. The van der Waals surface area contributed by atoms with Crippen LogP contribution in [0, 0.1) is 0 Å². The molecule has 0 atom stereocenters. The highest BCUT2D eigenvalue weighted by molar-refractivity contribution is 8.21. The van der Waals surface area contributed by atoms with Crippen LogP contribution in [0.1, 0.15) is 0 Å². The molecule has 0 amide bonds. The Morgan fingerprint density at radius 2 is 1.30 bits per heavy atom.